The molecule has 1 unspecified atom stereocenters. The highest BCUT2D eigenvalue weighted by molar-refractivity contribution is 5.57. The van der Waals surface area contributed by atoms with Crippen LogP contribution in [0.4, 0.5) is 0 Å². The summed E-state index contributed by atoms with van der Waals surface area (Å²) >= 11 is 0. The zero-order chi connectivity index (χ0) is 24.9. The van der Waals surface area contributed by atoms with Crippen LogP contribution < -0.4 is 0 Å². The van der Waals surface area contributed by atoms with Crippen molar-refractivity contribution in [3.8, 4) is 0 Å². The van der Waals surface area contributed by atoms with Crippen LogP contribution in [0.3, 0.4) is 0 Å². The van der Waals surface area contributed by atoms with Gasteiger partial charge in [-0.1, -0.05) is 136 Å². The van der Waals surface area contributed by atoms with Crippen LogP contribution in [0.25, 0.3) is 0 Å². The first-order chi connectivity index (χ1) is 17.2. The van der Waals surface area contributed by atoms with Crippen molar-refractivity contribution in [2.75, 3.05) is 14.2 Å². The number of hydrogen-bond acceptors (Lipinski definition) is 3. The molecule has 0 saturated heterocycles. The molecular weight excluding hydrogens is 432 g/mol. The van der Waals surface area contributed by atoms with Gasteiger partial charge in [-0.2, -0.15) is 0 Å². The van der Waals surface area contributed by atoms with Gasteiger partial charge in [-0.15, -0.1) is 0 Å². The van der Waals surface area contributed by atoms with Crippen molar-refractivity contribution in [1.82, 2.24) is 0 Å². The molecule has 3 heteroatoms. The van der Waals surface area contributed by atoms with E-state index in [-0.39, 0.29) is 11.9 Å². The Morgan fingerprint density at radius 3 is 1.51 bits per heavy atom. The van der Waals surface area contributed by atoms with E-state index in [0.717, 1.165) is 36.0 Å². The van der Waals surface area contributed by atoms with Crippen LogP contribution in [-0.4, -0.2) is 25.4 Å². The van der Waals surface area contributed by atoms with Gasteiger partial charge in [0.05, 0.1) is 7.11 Å². The van der Waals surface area contributed by atoms with E-state index in [9.17, 15) is 5.11 Å². The molecular formula is C32H40O3. The Hall–Kier alpha value is -3.04. The number of methoxy groups -OCH3 is 2. The van der Waals surface area contributed by atoms with E-state index >= 15 is 0 Å². The minimum Gasteiger partial charge on any atom is -0.507 e. The first-order valence-electron chi connectivity index (χ1n) is 12.9. The van der Waals surface area contributed by atoms with Crippen molar-refractivity contribution in [3.05, 3.63) is 119 Å². The molecule has 0 amide bonds. The van der Waals surface area contributed by atoms with Crippen molar-refractivity contribution in [1.29, 1.82) is 0 Å². The van der Waals surface area contributed by atoms with Crippen LogP contribution >= 0.6 is 0 Å². The fourth-order valence-corrected chi connectivity index (χ4v) is 5.01. The first-order valence-corrected chi connectivity index (χ1v) is 12.9. The molecule has 3 aromatic rings. The van der Waals surface area contributed by atoms with Gasteiger partial charge in [0.2, 0.25) is 0 Å². The van der Waals surface area contributed by atoms with Crippen molar-refractivity contribution >= 4 is 0 Å². The SMILES string of the molecule is CCCCCCCCC(OC)C(OC)=C(O)C(c1ccccc1)(c1ccccc1)c1ccccc1. The molecule has 0 radical (unpaired) electrons. The van der Waals surface area contributed by atoms with Crippen molar-refractivity contribution in [3.63, 3.8) is 0 Å². The number of allylic oxidation sites excluding steroid dienone is 1. The molecule has 3 nitrogen and oxygen atoms in total. The molecule has 0 spiro atoms. The van der Waals surface area contributed by atoms with E-state index in [2.05, 4.69) is 43.3 Å². The molecule has 35 heavy (non-hydrogen) atoms. The predicted molar refractivity (Wildman–Crippen MR) is 145 cm³/mol. The van der Waals surface area contributed by atoms with Gasteiger partial charge in [0, 0.05) is 7.11 Å². The fraction of sp³-hybridized carbons (Fsp3) is 0.375. The summed E-state index contributed by atoms with van der Waals surface area (Å²) in [5.41, 5.74) is 1.98. The summed E-state index contributed by atoms with van der Waals surface area (Å²) < 4.78 is 11.8. The molecule has 0 saturated carbocycles. The van der Waals surface area contributed by atoms with Crippen LogP contribution in [-0.2, 0) is 14.9 Å². The summed E-state index contributed by atoms with van der Waals surface area (Å²) in [7, 11) is 3.33. The van der Waals surface area contributed by atoms with Gasteiger partial charge < -0.3 is 14.6 Å². The molecule has 0 aliphatic heterocycles. The largest absolute Gasteiger partial charge is 0.507 e. The molecule has 0 heterocycles. The lowest BCUT2D eigenvalue weighted by atomic mass is 9.67. The molecule has 0 aromatic heterocycles. The van der Waals surface area contributed by atoms with Gasteiger partial charge in [0.15, 0.2) is 11.5 Å². The Kier molecular flexibility index (Phi) is 10.4. The van der Waals surface area contributed by atoms with E-state index in [4.69, 9.17) is 9.47 Å². The maximum atomic E-state index is 12.2. The Labute approximate surface area is 211 Å². The molecule has 0 bridgehead atoms. The number of ether oxygens (including phenoxy) is 2. The second-order valence-corrected chi connectivity index (χ2v) is 9.05. The standard InChI is InChI=1S/C32H40O3/c1-4-5-6-7-8-18-25-29(34-2)30(35-3)31(33)32(26-19-12-9-13-20-26,27-21-14-10-15-22-27)28-23-16-11-17-24-28/h9-17,19-24,29,33H,4-8,18,25H2,1-3H3. The summed E-state index contributed by atoms with van der Waals surface area (Å²) in [4.78, 5) is 0. The number of aliphatic hydroxyl groups excluding tert-OH is 1. The normalized spacial score (nSPS) is 13.2. The van der Waals surface area contributed by atoms with Crippen LogP contribution in [0.1, 0.15) is 68.6 Å². The lowest BCUT2D eigenvalue weighted by Crippen LogP contribution is -2.35. The molecule has 1 atom stereocenters. The van der Waals surface area contributed by atoms with Crippen LogP contribution in [0.15, 0.2) is 103 Å². The topological polar surface area (TPSA) is 38.7 Å². The highest BCUT2D eigenvalue weighted by Crippen LogP contribution is 2.46. The Morgan fingerprint density at radius 1 is 0.686 bits per heavy atom. The van der Waals surface area contributed by atoms with E-state index in [1.54, 1.807) is 14.2 Å². The minimum absolute atomic E-state index is 0.168. The molecule has 3 rings (SSSR count). The van der Waals surface area contributed by atoms with Crippen LogP contribution in [0, 0.1) is 0 Å². The van der Waals surface area contributed by atoms with E-state index in [1.165, 1.54) is 25.7 Å². The van der Waals surface area contributed by atoms with Crippen LogP contribution in [0.2, 0.25) is 0 Å². The molecule has 3 aromatic carbocycles. The highest BCUT2D eigenvalue weighted by Gasteiger charge is 2.44. The number of hydrogen-bond donors (Lipinski definition) is 1. The summed E-state index contributed by atoms with van der Waals surface area (Å²) in [5, 5.41) is 12.2. The third kappa shape index (κ3) is 6.15. The number of unbranched alkanes of at least 4 members (excludes halogenated alkanes) is 5. The highest BCUT2D eigenvalue weighted by atomic mass is 16.5. The fourth-order valence-electron chi connectivity index (χ4n) is 5.01. The van der Waals surface area contributed by atoms with Gasteiger partial charge in [-0.3, -0.25) is 0 Å². The van der Waals surface area contributed by atoms with Gasteiger partial charge >= 0.3 is 0 Å². The van der Waals surface area contributed by atoms with Gasteiger partial charge in [0.1, 0.15) is 11.5 Å². The second-order valence-electron chi connectivity index (χ2n) is 9.05. The van der Waals surface area contributed by atoms with Crippen molar-refractivity contribution < 1.29 is 14.6 Å². The van der Waals surface area contributed by atoms with Crippen LogP contribution in [0.5, 0.6) is 0 Å². The monoisotopic (exact) mass is 472 g/mol. The predicted octanol–water partition coefficient (Wildman–Crippen LogP) is 8.20. The van der Waals surface area contributed by atoms with E-state index in [0.29, 0.717) is 5.76 Å². The molecule has 186 valence electrons. The summed E-state index contributed by atoms with van der Waals surface area (Å²) in [6.45, 7) is 2.23. The maximum absolute atomic E-state index is 12.2. The number of aliphatic hydroxyl groups is 1. The molecule has 0 fully saturated rings. The quantitative estimate of drug-likeness (QED) is 0.146. The van der Waals surface area contributed by atoms with E-state index < -0.39 is 5.41 Å². The smallest absolute Gasteiger partial charge is 0.163 e. The average Bonchev–Trinajstić information content (AvgIpc) is 2.92. The van der Waals surface area contributed by atoms with Crippen molar-refractivity contribution in [2.45, 2.75) is 63.4 Å². The zero-order valence-corrected chi connectivity index (χ0v) is 21.5. The Balaban J connectivity index is 2.14. The number of rotatable bonds is 14. The Morgan fingerprint density at radius 2 is 1.11 bits per heavy atom. The maximum Gasteiger partial charge on any atom is 0.163 e. The second kappa shape index (κ2) is 13.7. The molecule has 0 aliphatic rings. The summed E-state index contributed by atoms with van der Waals surface area (Å²) in [5.74, 6) is 0.652. The lowest BCUT2D eigenvalue weighted by molar-refractivity contribution is 0.0592. The van der Waals surface area contributed by atoms with Crippen molar-refractivity contribution in [2.24, 2.45) is 0 Å². The third-order valence-corrected chi connectivity index (χ3v) is 6.83. The average molecular weight is 473 g/mol. The third-order valence-electron chi connectivity index (χ3n) is 6.83. The Bertz CT molecular complexity index is 916. The minimum atomic E-state index is -0.937. The van der Waals surface area contributed by atoms with Gasteiger partial charge in [-0.05, 0) is 23.1 Å². The molecule has 0 aliphatic carbocycles. The first kappa shape index (κ1) is 26.6. The lowest BCUT2D eigenvalue weighted by Gasteiger charge is -2.37. The zero-order valence-electron chi connectivity index (χ0n) is 21.5. The van der Waals surface area contributed by atoms with Gasteiger partial charge in [-0.25, -0.2) is 0 Å². The summed E-state index contributed by atoms with van der Waals surface area (Å²) in [6.07, 6.45) is 7.66. The number of benzene rings is 3. The summed E-state index contributed by atoms with van der Waals surface area (Å²) in [6, 6.07) is 30.5. The molecule has 1 N–H and O–H groups in total. The van der Waals surface area contributed by atoms with E-state index in [1.807, 2.05) is 54.6 Å². The van der Waals surface area contributed by atoms with Gasteiger partial charge in [0.25, 0.3) is 0 Å².